The lowest BCUT2D eigenvalue weighted by Crippen LogP contribution is -2.21. The zero-order valence-corrected chi connectivity index (χ0v) is 11.1. The van der Waals surface area contributed by atoms with E-state index in [-0.39, 0.29) is 17.9 Å². The van der Waals surface area contributed by atoms with Crippen molar-refractivity contribution in [2.24, 2.45) is 5.92 Å². The topological polar surface area (TPSA) is 74.6 Å². The Bertz CT molecular complexity index is 481. The molecule has 0 aliphatic carbocycles. The summed E-state index contributed by atoms with van der Waals surface area (Å²) in [6.07, 6.45) is -0.0497. The molecule has 0 fully saturated rings. The number of hydrogen-bond acceptors (Lipinski definition) is 2. The molecule has 0 amide bonds. The zero-order valence-electron chi connectivity index (χ0n) is 10.2. The second-order valence-corrected chi connectivity index (χ2v) is 6.70. The van der Waals surface area contributed by atoms with Crippen molar-refractivity contribution in [2.45, 2.75) is 13.3 Å². The molecule has 0 saturated heterocycles. The summed E-state index contributed by atoms with van der Waals surface area (Å²) < 4.78 is 12.2. The summed E-state index contributed by atoms with van der Waals surface area (Å²) in [6, 6.07) is 8.15. The molecular formula is C13H17O4P. The molecule has 0 aliphatic rings. The lowest BCUT2D eigenvalue weighted by Gasteiger charge is -2.17. The molecule has 1 aromatic carbocycles. The molecular weight excluding hydrogens is 251 g/mol. The minimum absolute atomic E-state index is 0.215. The third-order valence-electron chi connectivity index (χ3n) is 2.57. The van der Waals surface area contributed by atoms with Gasteiger partial charge >= 0.3 is 5.97 Å². The van der Waals surface area contributed by atoms with Gasteiger partial charge in [0.15, 0.2) is 0 Å². The first-order chi connectivity index (χ1) is 8.33. The second-order valence-electron chi connectivity index (χ2n) is 4.42. The summed E-state index contributed by atoms with van der Waals surface area (Å²) in [4.78, 5) is 21.1. The predicted molar refractivity (Wildman–Crippen MR) is 71.3 cm³/mol. The Morgan fingerprint density at radius 3 is 2.39 bits per heavy atom. The summed E-state index contributed by atoms with van der Waals surface area (Å²) in [6.45, 7) is 5.35. The summed E-state index contributed by atoms with van der Waals surface area (Å²) in [5, 5.41) is 9.35. The van der Waals surface area contributed by atoms with Crippen LogP contribution in [0.1, 0.15) is 13.3 Å². The Morgan fingerprint density at radius 2 is 1.94 bits per heavy atom. The summed E-state index contributed by atoms with van der Waals surface area (Å²) in [5.74, 6) is -1.94. The van der Waals surface area contributed by atoms with Crippen molar-refractivity contribution in [3.8, 4) is 0 Å². The van der Waals surface area contributed by atoms with Gasteiger partial charge in [-0.05, 0) is 25.5 Å². The number of rotatable bonds is 6. The normalized spacial score (nSPS) is 15.7. The van der Waals surface area contributed by atoms with Gasteiger partial charge in [0.1, 0.15) is 0 Å². The van der Waals surface area contributed by atoms with Gasteiger partial charge in [0.05, 0.1) is 5.92 Å². The fourth-order valence-corrected chi connectivity index (χ4v) is 3.45. The average Bonchev–Trinajstić information content (AvgIpc) is 2.28. The van der Waals surface area contributed by atoms with Crippen LogP contribution in [-0.4, -0.2) is 22.1 Å². The molecule has 2 N–H and O–H groups in total. The maximum atomic E-state index is 12.2. The van der Waals surface area contributed by atoms with E-state index in [1.54, 1.807) is 37.3 Å². The maximum Gasteiger partial charge on any atom is 0.307 e. The SMILES string of the molecule is C=C(C)CC(CP(=O)(O)c1ccccc1)C(=O)O. The lowest BCUT2D eigenvalue weighted by molar-refractivity contribution is -0.140. The van der Waals surface area contributed by atoms with Crippen molar-refractivity contribution in [1.29, 1.82) is 0 Å². The molecule has 0 spiro atoms. The lowest BCUT2D eigenvalue weighted by atomic mass is 10.0. The van der Waals surface area contributed by atoms with Crippen LogP contribution >= 0.6 is 7.37 Å². The molecule has 98 valence electrons. The van der Waals surface area contributed by atoms with Crippen molar-refractivity contribution in [3.05, 3.63) is 42.5 Å². The van der Waals surface area contributed by atoms with E-state index in [2.05, 4.69) is 6.58 Å². The number of aliphatic carboxylic acids is 1. The summed E-state index contributed by atoms with van der Waals surface area (Å²) >= 11 is 0. The van der Waals surface area contributed by atoms with E-state index < -0.39 is 19.3 Å². The van der Waals surface area contributed by atoms with E-state index in [9.17, 15) is 14.3 Å². The van der Waals surface area contributed by atoms with Gasteiger partial charge in [0, 0.05) is 11.5 Å². The number of hydrogen-bond donors (Lipinski definition) is 2. The van der Waals surface area contributed by atoms with Crippen molar-refractivity contribution < 1.29 is 19.4 Å². The van der Waals surface area contributed by atoms with Gasteiger partial charge in [0.2, 0.25) is 7.37 Å². The van der Waals surface area contributed by atoms with Gasteiger partial charge in [-0.3, -0.25) is 9.36 Å². The Labute approximate surface area is 106 Å². The van der Waals surface area contributed by atoms with Crippen LogP contribution in [0.25, 0.3) is 0 Å². The minimum Gasteiger partial charge on any atom is -0.481 e. The molecule has 2 unspecified atom stereocenters. The molecule has 0 radical (unpaired) electrons. The third-order valence-corrected chi connectivity index (χ3v) is 4.61. The summed E-state index contributed by atoms with van der Waals surface area (Å²) in [7, 11) is -3.63. The molecule has 18 heavy (non-hydrogen) atoms. The first kappa shape index (κ1) is 14.7. The standard InChI is InChI=1S/C13H17O4P/c1-10(2)8-11(13(14)15)9-18(16,17)12-6-4-3-5-7-12/h3-7,11H,1,8-9H2,2H3,(H,14,15)(H,16,17). The molecule has 0 saturated carbocycles. The van der Waals surface area contributed by atoms with Crippen LogP contribution in [-0.2, 0) is 9.36 Å². The predicted octanol–water partition coefficient (Wildman–Crippen LogP) is 2.25. The molecule has 2 atom stereocenters. The number of carboxylic acids is 1. The Kier molecular flexibility index (Phi) is 4.88. The van der Waals surface area contributed by atoms with Gasteiger partial charge in [-0.2, -0.15) is 0 Å². The van der Waals surface area contributed by atoms with Crippen molar-refractivity contribution in [1.82, 2.24) is 0 Å². The van der Waals surface area contributed by atoms with E-state index in [0.29, 0.717) is 5.57 Å². The highest BCUT2D eigenvalue weighted by Crippen LogP contribution is 2.42. The first-order valence-corrected chi connectivity index (χ1v) is 7.42. The van der Waals surface area contributed by atoms with Crippen molar-refractivity contribution in [2.75, 3.05) is 6.16 Å². The first-order valence-electron chi connectivity index (χ1n) is 5.57. The van der Waals surface area contributed by atoms with Gasteiger partial charge in [-0.15, -0.1) is 6.58 Å². The zero-order chi connectivity index (χ0) is 13.8. The molecule has 5 heteroatoms. The van der Waals surface area contributed by atoms with E-state index in [4.69, 9.17) is 5.11 Å². The Balaban J connectivity index is 2.89. The molecule has 0 bridgehead atoms. The van der Waals surface area contributed by atoms with Crippen LogP contribution in [0.4, 0.5) is 0 Å². The highest BCUT2D eigenvalue weighted by atomic mass is 31.2. The largest absolute Gasteiger partial charge is 0.481 e. The van der Waals surface area contributed by atoms with Crippen LogP contribution in [0.2, 0.25) is 0 Å². The van der Waals surface area contributed by atoms with E-state index in [1.165, 1.54) is 0 Å². The maximum absolute atomic E-state index is 12.2. The van der Waals surface area contributed by atoms with Crippen LogP contribution in [0.15, 0.2) is 42.5 Å². The fraction of sp³-hybridized carbons (Fsp3) is 0.308. The Morgan fingerprint density at radius 1 is 1.39 bits per heavy atom. The second kappa shape index (κ2) is 5.98. The smallest absolute Gasteiger partial charge is 0.307 e. The molecule has 0 heterocycles. The Hall–Kier alpha value is -1.38. The molecule has 0 aliphatic heterocycles. The average molecular weight is 268 g/mol. The van der Waals surface area contributed by atoms with Gasteiger partial charge in [-0.1, -0.05) is 23.8 Å². The van der Waals surface area contributed by atoms with Crippen LogP contribution < -0.4 is 5.30 Å². The van der Waals surface area contributed by atoms with E-state index in [0.717, 1.165) is 0 Å². The number of carboxylic acid groups (broad SMARTS) is 1. The van der Waals surface area contributed by atoms with Crippen molar-refractivity contribution in [3.63, 3.8) is 0 Å². The van der Waals surface area contributed by atoms with Crippen LogP contribution in [0.5, 0.6) is 0 Å². The number of benzene rings is 1. The van der Waals surface area contributed by atoms with Crippen molar-refractivity contribution >= 4 is 18.6 Å². The fourth-order valence-electron chi connectivity index (χ4n) is 1.72. The van der Waals surface area contributed by atoms with Gasteiger partial charge in [0.25, 0.3) is 0 Å². The van der Waals surface area contributed by atoms with Gasteiger partial charge < -0.3 is 10.00 Å². The highest BCUT2D eigenvalue weighted by Gasteiger charge is 2.30. The third kappa shape index (κ3) is 4.13. The monoisotopic (exact) mass is 268 g/mol. The molecule has 4 nitrogen and oxygen atoms in total. The van der Waals surface area contributed by atoms with E-state index >= 15 is 0 Å². The number of allylic oxidation sites excluding steroid dienone is 1. The quantitative estimate of drug-likeness (QED) is 0.613. The highest BCUT2D eigenvalue weighted by molar-refractivity contribution is 7.66. The minimum atomic E-state index is -3.63. The van der Waals surface area contributed by atoms with Crippen LogP contribution in [0.3, 0.4) is 0 Å². The summed E-state index contributed by atoms with van der Waals surface area (Å²) in [5.41, 5.74) is 0.690. The molecule has 1 aromatic rings. The molecule has 1 rings (SSSR count). The van der Waals surface area contributed by atoms with Crippen LogP contribution in [0, 0.1) is 5.92 Å². The number of carbonyl (C=O) groups is 1. The molecule has 0 aromatic heterocycles. The van der Waals surface area contributed by atoms with Gasteiger partial charge in [-0.25, -0.2) is 0 Å². The van der Waals surface area contributed by atoms with E-state index in [1.807, 2.05) is 0 Å².